The zero-order chi connectivity index (χ0) is 21.8. The van der Waals surface area contributed by atoms with E-state index < -0.39 is 5.79 Å². The van der Waals surface area contributed by atoms with Gasteiger partial charge in [0.2, 0.25) is 5.79 Å². The van der Waals surface area contributed by atoms with Gasteiger partial charge in [-0.1, -0.05) is 42.8 Å². The molecule has 0 amide bonds. The van der Waals surface area contributed by atoms with E-state index >= 15 is 0 Å². The Hall–Kier alpha value is -3.09. The molecule has 6 heteroatoms. The molecule has 32 heavy (non-hydrogen) atoms. The lowest BCUT2D eigenvalue weighted by Crippen LogP contribution is -2.52. The smallest absolute Gasteiger partial charge is 0.210 e. The van der Waals surface area contributed by atoms with Gasteiger partial charge in [-0.3, -0.25) is 5.73 Å². The van der Waals surface area contributed by atoms with Crippen LogP contribution >= 0.6 is 0 Å². The monoisotopic (exact) mass is 428 g/mol. The molecule has 2 aliphatic rings. The second kappa shape index (κ2) is 9.18. The molecule has 1 fully saturated rings. The van der Waals surface area contributed by atoms with Gasteiger partial charge in [0.1, 0.15) is 5.82 Å². The lowest BCUT2D eigenvalue weighted by Gasteiger charge is -2.32. The highest BCUT2D eigenvalue weighted by molar-refractivity contribution is 5.95. The van der Waals surface area contributed by atoms with Gasteiger partial charge < -0.3 is 20.5 Å². The van der Waals surface area contributed by atoms with Crippen molar-refractivity contribution in [1.29, 1.82) is 0 Å². The van der Waals surface area contributed by atoms with Gasteiger partial charge in [-0.25, -0.2) is 4.99 Å². The Morgan fingerprint density at radius 1 is 1.06 bits per heavy atom. The van der Waals surface area contributed by atoms with Crippen molar-refractivity contribution in [2.75, 3.05) is 26.2 Å². The van der Waals surface area contributed by atoms with Gasteiger partial charge in [-0.15, -0.1) is 0 Å². The molecule has 1 aromatic heterocycles. The standard InChI is InChI=1S/C26H32N6/c27-26(30-14-12-25(31-26)28-13-7-17-32-15-4-1-5-16-32)21-9-6-8-20(18-21)23-19-29-24-11-3-2-10-22(23)24/h2-3,6,8-12,14,18-19,28-29,31H,1,4-5,7,13,15-17,27H2. The summed E-state index contributed by atoms with van der Waals surface area (Å²) in [4.78, 5) is 10.5. The molecule has 2 aromatic carbocycles. The van der Waals surface area contributed by atoms with Crippen molar-refractivity contribution in [3.63, 3.8) is 0 Å². The topological polar surface area (TPSA) is 81.5 Å². The van der Waals surface area contributed by atoms with Crippen LogP contribution in [0.5, 0.6) is 0 Å². The predicted octanol–water partition coefficient (Wildman–Crippen LogP) is 3.88. The van der Waals surface area contributed by atoms with Crippen LogP contribution in [-0.2, 0) is 5.79 Å². The number of aliphatic imine (C=N–C) groups is 1. The van der Waals surface area contributed by atoms with Crippen molar-refractivity contribution in [3.05, 3.63) is 72.2 Å². The quantitative estimate of drug-likeness (QED) is 0.431. The largest absolute Gasteiger partial charge is 0.372 e. The predicted molar refractivity (Wildman–Crippen MR) is 132 cm³/mol. The fraction of sp³-hybridized carbons (Fsp3) is 0.346. The molecule has 5 N–H and O–H groups in total. The first-order valence-corrected chi connectivity index (χ1v) is 11.7. The first kappa shape index (κ1) is 20.8. The number of benzene rings is 2. The van der Waals surface area contributed by atoms with E-state index in [-0.39, 0.29) is 0 Å². The van der Waals surface area contributed by atoms with E-state index in [4.69, 9.17) is 5.73 Å². The summed E-state index contributed by atoms with van der Waals surface area (Å²) in [6.07, 6.45) is 11.0. The first-order chi connectivity index (χ1) is 15.7. The van der Waals surface area contributed by atoms with Gasteiger partial charge in [-0.2, -0.15) is 0 Å². The van der Waals surface area contributed by atoms with E-state index in [1.807, 2.05) is 24.3 Å². The second-order valence-corrected chi connectivity index (χ2v) is 8.76. The molecular weight excluding hydrogens is 396 g/mol. The average molecular weight is 429 g/mol. The van der Waals surface area contributed by atoms with Crippen LogP contribution < -0.4 is 16.4 Å². The Morgan fingerprint density at radius 2 is 1.94 bits per heavy atom. The van der Waals surface area contributed by atoms with Crippen LogP contribution in [0.1, 0.15) is 31.2 Å². The second-order valence-electron chi connectivity index (χ2n) is 8.76. The molecule has 1 atom stereocenters. The SMILES string of the molecule is NC1(c2cccc(-c3c[nH]c4ccccc34)c2)N=CC=C(NCCCN2CCCCC2)N1. The summed E-state index contributed by atoms with van der Waals surface area (Å²) in [6, 6.07) is 16.6. The molecular formula is C26H32N6. The summed E-state index contributed by atoms with van der Waals surface area (Å²) in [5, 5.41) is 8.10. The maximum atomic E-state index is 6.72. The minimum absolute atomic E-state index is 0.911. The van der Waals surface area contributed by atoms with Gasteiger partial charge in [0, 0.05) is 41.0 Å². The number of likely N-dealkylation sites (tertiary alicyclic amines) is 1. The fourth-order valence-corrected chi connectivity index (χ4v) is 4.70. The van der Waals surface area contributed by atoms with Crippen LogP contribution in [0.3, 0.4) is 0 Å². The number of piperidine rings is 1. The number of aromatic nitrogens is 1. The Morgan fingerprint density at radius 3 is 2.84 bits per heavy atom. The molecule has 2 aliphatic heterocycles. The van der Waals surface area contributed by atoms with Gasteiger partial charge in [0.15, 0.2) is 0 Å². The lowest BCUT2D eigenvalue weighted by molar-refractivity contribution is 0.226. The number of allylic oxidation sites excluding steroid dienone is 1. The zero-order valence-electron chi connectivity index (χ0n) is 18.5. The van der Waals surface area contributed by atoms with Crippen molar-refractivity contribution in [1.82, 2.24) is 20.5 Å². The maximum Gasteiger partial charge on any atom is 0.210 e. The highest BCUT2D eigenvalue weighted by atomic mass is 15.3. The molecule has 0 spiro atoms. The molecule has 0 radical (unpaired) electrons. The van der Waals surface area contributed by atoms with E-state index in [9.17, 15) is 0 Å². The van der Waals surface area contributed by atoms with Crippen molar-refractivity contribution in [3.8, 4) is 11.1 Å². The van der Waals surface area contributed by atoms with Crippen LogP contribution in [0.2, 0.25) is 0 Å². The van der Waals surface area contributed by atoms with Crippen molar-refractivity contribution < 1.29 is 0 Å². The summed E-state index contributed by atoms with van der Waals surface area (Å²) >= 11 is 0. The Kier molecular flexibility index (Phi) is 5.97. The molecule has 0 saturated carbocycles. The number of nitrogens with two attached hydrogens (primary N) is 1. The third-order valence-corrected chi connectivity index (χ3v) is 6.46. The molecule has 1 unspecified atom stereocenters. The summed E-state index contributed by atoms with van der Waals surface area (Å²) in [7, 11) is 0. The fourth-order valence-electron chi connectivity index (χ4n) is 4.70. The number of fused-ring (bicyclic) bond motifs is 1. The van der Waals surface area contributed by atoms with E-state index in [2.05, 4.69) is 62.0 Å². The summed E-state index contributed by atoms with van der Waals surface area (Å²) < 4.78 is 0. The molecule has 0 aliphatic carbocycles. The molecule has 3 aromatic rings. The van der Waals surface area contributed by atoms with Crippen molar-refractivity contribution in [2.24, 2.45) is 10.7 Å². The number of nitrogens with zero attached hydrogens (tertiary/aromatic N) is 2. The number of nitrogens with one attached hydrogen (secondary N) is 3. The molecule has 166 valence electrons. The third-order valence-electron chi connectivity index (χ3n) is 6.46. The van der Waals surface area contributed by atoms with Gasteiger partial charge >= 0.3 is 0 Å². The van der Waals surface area contributed by atoms with Gasteiger partial charge in [0.05, 0.1) is 0 Å². The summed E-state index contributed by atoms with van der Waals surface area (Å²) in [6.45, 7) is 4.54. The number of hydrogen-bond donors (Lipinski definition) is 4. The third kappa shape index (κ3) is 4.42. The molecule has 3 heterocycles. The number of H-pyrrole nitrogens is 1. The van der Waals surface area contributed by atoms with E-state index in [0.717, 1.165) is 47.5 Å². The van der Waals surface area contributed by atoms with E-state index in [1.165, 1.54) is 37.7 Å². The van der Waals surface area contributed by atoms with Gasteiger partial charge in [-0.05, 0) is 62.7 Å². The van der Waals surface area contributed by atoms with E-state index in [0.29, 0.717) is 0 Å². The van der Waals surface area contributed by atoms with Crippen molar-refractivity contribution >= 4 is 17.1 Å². The van der Waals surface area contributed by atoms with E-state index in [1.54, 1.807) is 6.21 Å². The minimum Gasteiger partial charge on any atom is -0.372 e. The van der Waals surface area contributed by atoms with Crippen LogP contribution in [0.15, 0.2) is 71.6 Å². The van der Waals surface area contributed by atoms with Crippen molar-refractivity contribution in [2.45, 2.75) is 31.5 Å². The maximum absolute atomic E-state index is 6.72. The molecule has 6 nitrogen and oxygen atoms in total. The first-order valence-electron chi connectivity index (χ1n) is 11.7. The normalized spacial score (nSPS) is 21.3. The summed E-state index contributed by atoms with van der Waals surface area (Å²) in [5.74, 6) is -0.0786. The number of aromatic amines is 1. The van der Waals surface area contributed by atoms with Gasteiger partial charge in [0.25, 0.3) is 0 Å². The van der Waals surface area contributed by atoms with Crippen LogP contribution in [-0.4, -0.2) is 42.3 Å². The molecule has 1 saturated heterocycles. The van der Waals surface area contributed by atoms with Crippen LogP contribution in [0.4, 0.5) is 0 Å². The highest BCUT2D eigenvalue weighted by Gasteiger charge is 2.29. The number of rotatable bonds is 7. The summed E-state index contributed by atoms with van der Waals surface area (Å²) in [5.41, 5.74) is 11.1. The number of para-hydroxylation sites is 1. The minimum atomic E-state index is -0.994. The Balaban J connectivity index is 1.25. The zero-order valence-corrected chi connectivity index (χ0v) is 18.5. The number of hydrogen-bond acceptors (Lipinski definition) is 5. The lowest BCUT2D eigenvalue weighted by atomic mass is 9.99. The van der Waals surface area contributed by atoms with Crippen LogP contribution in [0, 0.1) is 0 Å². The van der Waals surface area contributed by atoms with Crippen LogP contribution in [0.25, 0.3) is 22.0 Å². The molecule has 5 rings (SSSR count). The molecule has 0 bridgehead atoms. The highest BCUT2D eigenvalue weighted by Crippen LogP contribution is 2.31. The average Bonchev–Trinajstić information content (AvgIpc) is 3.27. The Bertz CT molecular complexity index is 1120. The Labute approximate surface area is 189 Å².